The summed E-state index contributed by atoms with van der Waals surface area (Å²) in [5, 5.41) is 1.07. The lowest BCUT2D eigenvalue weighted by molar-refractivity contribution is -0.146. The largest absolute Gasteiger partial charge is 0.464 e. The molecule has 0 amide bonds. The summed E-state index contributed by atoms with van der Waals surface area (Å²) in [7, 11) is 0. The van der Waals surface area contributed by atoms with Crippen molar-refractivity contribution < 1.29 is 9.53 Å². The molecule has 0 bridgehead atoms. The van der Waals surface area contributed by atoms with E-state index in [0.29, 0.717) is 6.61 Å². The van der Waals surface area contributed by atoms with E-state index in [1.165, 1.54) is 0 Å². The quantitative estimate of drug-likeness (QED) is 0.763. The van der Waals surface area contributed by atoms with Gasteiger partial charge < -0.3 is 9.30 Å². The van der Waals surface area contributed by atoms with E-state index in [4.69, 9.17) is 4.74 Å². The number of ether oxygens (including phenoxy) is 1. The van der Waals surface area contributed by atoms with Crippen LogP contribution in [-0.4, -0.2) is 22.1 Å². The number of nitrogens with zero attached hydrogens (tertiary/aromatic N) is 2. The van der Waals surface area contributed by atoms with Gasteiger partial charge in [-0.25, -0.2) is 4.79 Å². The van der Waals surface area contributed by atoms with Gasteiger partial charge in [-0.1, -0.05) is 0 Å². The van der Waals surface area contributed by atoms with Crippen LogP contribution in [0.5, 0.6) is 0 Å². The van der Waals surface area contributed by atoms with Crippen LogP contribution in [0.3, 0.4) is 0 Å². The predicted molar refractivity (Wildman–Crippen MR) is 65.8 cm³/mol. The van der Waals surface area contributed by atoms with Gasteiger partial charge in [0.1, 0.15) is 6.04 Å². The minimum absolute atomic E-state index is 0.209. The third-order valence-corrected chi connectivity index (χ3v) is 2.89. The third-order valence-electron chi connectivity index (χ3n) is 2.89. The summed E-state index contributed by atoms with van der Waals surface area (Å²) in [6, 6.07) is 3.58. The Morgan fingerprint density at radius 3 is 3.00 bits per heavy atom. The number of esters is 1. The first-order valence-electron chi connectivity index (χ1n) is 5.74. The molecule has 0 aliphatic heterocycles. The van der Waals surface area contributed by atoms with Crippen LogP contribution >= 0.6 is 0 Å². The van der Waals surface area contributed by atoms with E-state index in [1.807, 2.05) is 43.7 Å². The van der Waals surface area contributed by atoms with Gasteiger partial charge in [-0.3, -0.25) is 4.98 Å². The fourth-order valence-corrected chi connectivity index (χ4v) is 1.94. The molecule has 0 aliphatic carbocycles. The van der Waals surface area contributed by atoms with Gasteiger partial charge in [0.05, 0.1) is 12.1 Å². The van der Waals surface area contributed by atoms with Gasteiger partial charge in [-0.15, -0.1) is 0 Å². The van der Waals surface area contributed by atoms with Gasteiger partial charge in [0, 0.05) is 23.5 Å². The lowest BCUT2D eigenvalue weighted by atomic mass is 10.2. The minimum atomic E-state index is -0.311. The highest BCUT2D eigenvalue weighted by Crippen LogP contribution is 2.22. The Balaban J connectivity index is 2.42. The Kier molecular flexibility index (Phi) is 3.13. The SMILES string of the molecule is CCOC(=O)C(C)n1ccc2c(C)nccc21. The molecular formula is C13H16N2O2. The molecule has 2 aromatic heterocycles. The van der Waals surface area contributed by atoms with Crippen molar-refractivity contribution in [3.63, 3.8) is 0 Å². The number of carbonyl (C=O) groups excluding carboxylic acids is 1. The Bertz CT molecular complexity index is 545. The van der Waals surface area contributed by atoms with Crippen LogP contribution < -0.4 is 0 Å². The van der Waals surface area contributed by atoms with Gasteiger partial charge >= 0.3 is 5.97 Å². The Hall–Kier alpha value is -1.84. The monoisotopic (exact) mass is 232 g/mol. The van der Waals surface area contributed by atoms with Crippen molar-refractivity contribution in [1.82, 2.24) is 9.55 Å². The topological polar surface area (TPSA) is 44.1 Å². The molecule has 4 nitrogen and oxygen atoms in total. The van der Waals surface area contributed by atoms with Crippen molar-refractivity contribution >= 4 is 16.9 Å². The number of rotatable bonds is 3. The zero-order valence-electron chi connectivity index (χ0n) is 10.3. The maximum Gasteiger partial charge on any atom is 0.328 e. The molecule has 0 aromatic carbocycles. The predicted octanol–water partition coefficient (Wildman–Crippen LogP) is 2.47. The maximum absolute atomic E-state index is 11.7. The van der Waals surface area contributed by atoms with Crippen molar-refractivity contribution in [2.24, 2.45) is 0 Å². The molecule has 0 radical (unpaired) electrons. The average Bonchev–Trinajstić information content (AvgIpc) is 2.73. The van der Waals surface area contributed by atoms with Crippen LogP contribution in [0.25, 0.3) is 10.9 Å². The summed E-state index contributed by atoms with van der Waals surface area (Å²) in [6.07, 6.45) is 3.66. The van der Waals surface area contributed by atoms with Gasteiger partial charge in [-0.2, -0.15) is 0 Å². The standard InChI is InChI=1S/C13H16N2O2/c1-4-17-13(16)10(3)15-8-6-11-9(2)14-7-5-12(11)15/h5-8,10H,4H2,1-3H3. The smallest absolute Gasteiger partial charge is 0.328 e. The highest BCUT2D eigenvalue weighted by molar-refractivity contribution is 5.84. The highest BCUT2D eigenvalue weighted by Gasteiger charge is 2.17. The number of aromatic nitrogens is 2. The van der Waals surface area contributed by atoms with Crippen LogP contribution in [0.1, 0.15) is 25.6 Å². The van der Waals surface area contributed by atoms with Crippen molar-refractivity contribution in [2.75, 3.05) is 6.61 Å². The van der Waals surface area contributed by atoms with Gasteiger partial charge in [0.15, 0.2) is 0 Å². The van der Waals surface area contributed by atoms with Crippen LogP contribution in [0.15, 0.2) is 24.5 Å². The van der Waals surface area contributed by atoms with Crippen LogP contribution in [0, 0.1) is 6.92 Å². The van der Waals surface area contributed by atoms with Crippen LogP contribution in [0.4, 0.5) is 0 Å². The summed E-state index contributed by atoms with van der Waals surface area (Å²) >= 11 is 0. The Morgan fingerprint density at radius 1 is 1.53 bits per heavy atom. The van der Waals surface area contributed by atoms with E-state index in [0.717, 1.165) is 16.6 Å². The number of hydrogen-bond acceptors (Lipinski definition) is 3. The molecule has 0 saturated carbocycles. The minimum Gasteiger partial charge on any atom is -0.464 e. The van der Waals surface area contributed by atoms with E-state index in [1.54, 1.807) is 6.20 Å². The molecule has 1 atom stereocenters. The molecule has 0 N–H and O–H groups in total. The van der Waals surface area contributed by atoms with Crippen molar-refractivity contribution in [3.8, 4) is 0 Å². The number of carbonyl (C=O) groups is 1. The highest BCUT2D eigenvalue weighted by atomic mass is 16.5. The number of aryl methyl sites for hydroxylation is 1. The fraction of sp³-hybridized carbons (Fsp3) is 0.385. The first-order chi connectivity index (χ1) is 8.15. The lowest BCUT2D eigenvalue weighted by Gasteiger charge is -2.13. The second-order valence-corrected chi connectivity index (χ2v) is 3.98. The molecular weight excluding hydrogens is 216 g/mol. The van der Waals surface area contributed by atoms with E-state index in [2.05, 4.69) is 4.98 Å². The Labute approximate surface area is 100 Å². The zero-order chi connectivity index (χ0) is 12.4. The normalized spacial score (nSPS) is 12.6. The summed E-state index contributed by atoms with van der Waals surface area (Å²) in [5.74, 6) is -0.209. The molecule has 0 saturated heterocycles. The van der Waals surface area contributed by atoms with E-state index < -0.39 is 0 Å². The third kappa shape index (κ3) is 2.02. The van der Waals surface area contributed by atoms with Gasteiger partial charge in [0.25, 0.3) is 0 Å². The number of hydrogen-bond donors (Lipinski definition) is 0. The molecule has 2 rings (SSSR count). The molecule has 90 valence electrons. The van der Waals surface area contributed by atoms with E-state index in [-0.39, 0.29) is 12.0 Å². The second kappa shape index (κ2) is 4.57. The lowest BCUT2D eigenvalue weighted by Crippen LogP contribution is -2.18. The average molecular weight is 232 g/mol. The molecule has 2 aromatic rings. The summed E-state index contributed by atoms with van der Waals surface area (Å²) in [5.41, 5.74) is 1.98. The second-order valence-electron chi connectivity index (χ2n) is 3.98. The molecule has 4 heteroatoms. The molecule has 0 fully saturated rings. The van der Waals surface area contributed by atoms with Gasteiger partial charge in [-0.05, 0) is 32.9 Å². The van der Waals surface area contributed by atoms with E-state index in [9.17, 15) is 4.79 Å². The summed E-state index contributed by atoms with van der Waals surface area (Å²) in [6.45, 7) is 6.02. The van der Waals surface area contributed by atoms with Crippen molar-refractivity contribution in [1.29, 1.82) is 0 Å². The summed E-state index contributed by atoms with van der Waals surface area (Å²) < 4.78 is 6.95. The Morgan fingerprint density at radius 2 is 2.29 bits per heavy atom. The van der Waals surface area contributed by atoms with Crippen molar-refractivity contribution in [2.45, 2.75) is 26.8 Å². The molecule has 17 heavy (non-hydrogen) atoms. The van der Waals surface area contributed by atoms with E-state index >= 15 is 0 Å². The molecule has 2 heterocycles. The molecule has 0 spiro atoms. The molecule has 0 aliphatic rings. The first-order valence-corrected chi connectivity index (χ1v) is 5.74. The molecule has 1 unspecified atom stereocenters. The van der Waals surface area contributed by atoms with Crippen LogP contribution in [0.2, 0.25) is 0 Å². The van der Waals surface area contributed by atoms with Gasteiger partial charge in [0.2, 0.25) is 0 Å². The number of fused-ring (bicyclic) bond motifs is 1. The zero-order valence-corrected chi connectivity index (χ0v) is 10.3. The van der Waals surface area contributed by atoms with Crippen LogP contribution in [-0.2, 0) is 9.53 Å². The fourth-order valence-electron chi connectivity index (χ4n) is 1.94. The maximum atomic E-state index is 11.7. The first kappa shape index (κ1) is 11.6. The summed E-state index contributed by atoms with van der Waals surface area (Å²) in [4.78, 5) is 15.9. The number of pyridine rings is 1. The van der Waals surface area contributed by atoms with Crippen molar-refractivity contribution in [3.05, 3.63) is 30.2 Å².